The van der Waals surface area contributed by atoms with Gasteiger partial charge >= 0.3 is 0 Å². The summed E-state index contributed by atoms with van der Waals surface area (Å²) >= 11 is 0. The molecule has 114 valence electrons. The maximum absolute atomic E-state index is 5.66. The van der Waals surface area contributed by atoms with Gasteiger partial charge < -0.3 is 10.1 Å². The third-order valence-electron chi connectivity index (χ3n) is 3.30. The first-order valence-electron chi connectivity index (χ1n) is 7.69. The number of unbranched alkanes of at least 4 members (excludes halogenated alkanes) is 1. The zero-order valence-electron chi connectivity index (χ0n) is 13.0. The molecular formula is C17H25N3O. The molecule has 0 unspecified atom stereocenters. The molecule has 0 saturated heterocycles. The Hall–Kier alpha value is -1.81. The first-order valence-corrected chi connectivity index (χ1v) is 7.69. The zero-order valence-corrected chi connectivity index (χ0v) is 13.0. The Bertz CT molecular complexity index is 519. The third-order valence-corrected chi connectivity index (χ3v) is 3.30. The monoisotopic (exact) mass is 287 g/mol. The van der Waals surface area contributed by atoms with Crippen molar-refractivity contribution in [3.05, 3.63) is 47.8 Å². The number of hydrogen-bond acceptors (Lipinski definition) is 3. The van der Waals surface area contributed by atoms with Crippen molar-refractivity contribution in [1.82, 2.24) is 15.1 Å². The van der Waals surface area contributed by atoms with Crippen LogP contribution in [0.1, 0.15) is 30.9 Å². The predicted octanol–water partition coefficient (Wildman–Crippen LogP) is 3.16. The molecule has 0 radical (unpaired) electrons. The van der Waals surface area contributed by atoms with E-state index >= 15 is 0 Å². The van der Waals surface area contributed by atoms with E-state index in [0.717, 1.165) is 44.8 Å². The van der Waals surface area contributed by atoms with Gasteiger partial charge in [0.1, 0.15) is 5.75 Å². The summed E-state index contributed by atoms with van der Waals surface area (Å²) in [6.45, 7) is 7.71. The van der Waals surface area contributed by atoms with E-state index in [0.29, 0.717) is 0 Å². The highest BCUT2D eigenvalue weighted by Gasteiger charge is 1.97. The minimum atomic E-state index is 0.803. The van der Waals surface area contributed by atoms with Gasteiger partial charge in [0, 0.05) is 19.3 Å². The molecule has 21 heavy (non-hydrogen) atoms. The fourth-order valence-electron chi connectivity index (χ4n) is 2.05. The minimum absolute atomic E-state index is 0.803. The maximum atomic E-state index is 5.66. The van der Waals surface area contributed by atoms with Crippen LogP contribution < -0.4 is 10.1 Å². The molecule has 1 N–H and O–H groups in total. The highest BCUT2D eigenvalue weighted by atomic mass is 16.5. The molecule has 1 aromatic heterocycles. The summed E-state index contributed by atoms with van der Waals surface area (Å²) in [5, 5.41) is 7.70. The van der Waals surface area contributed by atoms with E-state index in [1.54, 1.807) is 0 Å². The molecule has 4 heteroatoms. The summed E-state index contributed by atoms with van der Waals surface area (Å²) in [5.74, 6) is 0.958. The Labute approximate surface area is 127 Å². The van der Waals surface area contributed by atoms with Crippen LogP contribution in [0.3, 0.4) is 0 Å². The molecular weight excluding hydrogens is 262 g/mol. The molecule has 0 atom stereocenters. The molecule has 4 nitrogen and oxygen atoms in total. The fraction of sp³-hybridized carbons (Fsp3) is 0.471. The average molecular weight is 287 g/mol. The highest BCUT2D eigenvalue weighted by Crippen LogP contribution is 2.12. The van der Waals surface area contributed by atoms with Crippen molar-refractivity contribution < 1.29 is 4.74 Å². The largest absolute Gasteiger partial charge is 0.494 e. The van der Waals surface area contributed by atoms with E-state index in [-0.39, 0.29) is 0 Å². The van der Waals surface area contributed by atoms with Gasteiger partial charge in [-0.1, -0.05) is 25.5 Å². The number of ether oxygens (including phenoxy) is 1. The summed E-state index contributed by atoms with van der Waals surface area (Å²) in [5.41, 5.74) is 2.48. The van der Waals surface area contributed by atoms with Crippen LogP contribution in [0.2, 0.25) is 0 Å². The number of nitrogens with one attached hydrogen (secondary N) is 1. The van der Waals surface area contributed by atoms with E-state index in [2.05, 4.69) is 42.6 Å². The Kier molecular flexibility index (Phi) is 6.28. The van der Waals surface area contributed by atoms with Gasteiger partial charge in [-0.05, 0) is 36.6 Å². The second kappa shape index (κ2) is 8.47. The average Bonchev–Trinajstić information content (AvgIpc) is 2.91. The lowest BCUT2D eigenvalue weighted by molar-refractivity contribution is 0.309. The van der Waals surface area contributed by atoms with Crippen LogP contribution in [-0.2, 0) is 13.1 Å². The van der Waals surface area contributed by atoms with Crippen molar-refractivity contribution in [2.45, 2.75) is 39.8 Å². The lowest BCUT2D eigenvalue weighted by Gasteiger charge is -2.08. The number of nitrogens with zero attached hydrogens (tertiary/aromatic N) is 2. The number of benzene rings is 1. The molecule has 0 aliphatic carbocycles. The Morgan fingerprint density at radius 3 is 2.71 bits per heavy atom. The molecule has 0 bridgehead atoms. The van der Waals surface area contributed by atoms with Gasteiger partial charge in [0.2, 0.25) is 0 Å². The minimum Gasteiger partial charge on any atom is -0.494 e. The van der Waals surface area contributed by atoms with Gasteiger partial charge in [-0.3, -0.25) is 4.68 Å². The van der Waals surface area contributed by atoms with Crippen LogP contribution in [0.4, 0.5) is 0 Å². The topological polar surface area (TPSA) is 39.1 Å². The molecule has 0 aliphatic rings. The predicted molar refractivity (Wildman–Crippen MR) is 85.5 cm³/mol. The van der Waals surface area contributed by atoms with Crippen molar-refractivity contribution >= 4 is 0 Å². The molecule has 1 aromatic carbocycles. The fourth-order valence-corrected chi connectivity index (χ4v) is 2.05. The number of hydrogen-bond donors (Lipinski definition) is 1. The van der Waals surface area contributed by atoms with Gasteiger partial charge in [0.05, 0.1) is 19.3 Å². The molecule has 1 heterocycles. The summed E-state index contributed by atoms with van der Waals surface area (Å²) in [4.78, 5) is 0. The van der Waals surface area contributed by atoms with Gasteiger partial charge in [0.25, 0.3) is 0 Å². The van der Waals surface area contributed by atoms with Crippen LogP contribution in [0.25, 0.3) is 0 Å². The zero-order chi connectivity index (χ0) is 14.9. The summed E-state index contributed by atoms with van der Waals surface area (Å²) in [7, 11) is 0. The lowest BCUT2D eigenvalue weighted by atomic mass is 10.2. The van der Waals surface area contributed by atoms with Crippen LogP contribution in [0.15, 0.2) is 36.7 Å². The third kappa shape index (κ3) is 5.60. The second-order valence-corrected chi connectivity index (χ2v) is 5.30. The smallest absolute Gasteiger partial charge is 0.119 e. The molecule has 0 aliphatic heterocycles. The summed E-state index contributed by atoms with van der Waals surface area (Å²) in [6.07, 6.45) is 6.22. The molecule has 0 spiro atoms. The van der Waals surface area contributed by atoms with E-state index < -0.39 is 0 Å². The Morgan fingerprint density at radius 1 is 1.24 bits per heavy atom. The van der Waals surface area contributed by atoms with E-state index in [4.69, 9.17) is 4.74 Å². The van der Waals surface area contributed by atoms with Crippen molar-refractivity contribution in [3.63, 3.8) is 0 Å². The van der Waals surface area contributed by atoms with Crippen molar-refractivity contribution in [2.75, 3.05) is 13.2 Å². The van der Waals surface area contributed by atoms with Gasteiger partial charge in [0.15, 0.2) is 0 Å². The Morgan fingerprint density at radius 2 is 2.05 bits per heavy atom. The number of rotatable bonds is 9. The van der Waals surface area contributed by atoms with Crippen molar-refractivity contribution in [3.8, 4) is 5.75 Å². The SMILES string of the molecule is CCCCOc1ccc(CNCCn2cc(C)cn2)cc1. The van der Waals surface area contributed by atoms with Crippen LogP contribution in [-0.4, -0.2) is 22.9 Å². The second-order valence-electron chi connectivity index (χ2n) is 5.30. The molecule has 2 rings (SSSR count). The lowest BCUT2D eigenvalue weighted by Crippen LogP contribution is -2.19. The van der Waals surface area contributed by atoms with Crippen LogP contribution in [0, 0.1) is 6.92 Å². The maximum Gasteiger partial charge on any atom is 0.119 e. The molecule has 2 aromatic rings. The Balaban J connectivity index is 1.66. The number of aromatic nitrogens is 2. The van der Waals surface area contributed by atoms with E-state index in [1.807, 2.05) is 23.0 Å². The quantitative estimate of drug-likeness (QED) is 0.720. The van der Waals surface area contributed by atoms with Crippen LogP contribution in [0.5, 0.6) is 5.75 Å². The summed E-state index contributed by atoms with van der Waals surface area (Å²) in [6, 6.07) is 8.33. The summed E-state index contributed by atoms with van der Waals surface area (Å²) < 4.78 is 7.62. The molecule has 0 saturated carbocycles. The van der Waals surface area contributed by atoms with E-state index in [1.165, 1.54) is 11.1 Å². The standard InChI is InChI=1S/C17H25N3O/c1-3-4-11-21-17-7-5-16(6-8-17)13-18-9-10-20-14-15(2)12-19-20/h5-8,12,14,18H,3-4,9-11,13H2,1-2H3. The van der Waals surface area contributed by atoms with E-state index in [9.17, 15) is 0 Å². The van der Waals surface area contributed by atoms with Crippen LogP contribution >= 0.6 is 0 Å². The van der Waals surface area contributed by atoms with Gasteiger partial charge in [-0.25, -0.2) is 0 Å². The van der Waals surface area contributed by atoms with Crippen molar-refractivity contribution in [1.29, 1.82) is 0 Å². The number of aryl methyl sites for hydroxylation is 1. The van der Waals surface area contributed by atoms with Crippen molar-refractivity contribution in [2.24, 2.45) is 0 Å². The van der Waals surface area contributed by atoms with Gasteiger partial charge in [-0.15, -0.1) is 0 Å². The highest BCUT2D eigenvalue weighted by molar-refractivity contribution is 5.27. The molecule has 0 fully saturated rings. The first-order chi connectivity index (χ1) is 10.3. The normalized spacial score (nSPS) is 10.8. The van der Waals surface area contributed by atoms with Gasteiger partial charge in [-0.2, -0.15) is 5.10 Å². The molecule has 0 amide bonds. The first kappa shape index (κ1) is 15.6.